The van der Waals surface area contributed by atoms with Gasteiger partial charge in [-0.1, -0.05) is 11.6 Å². The van der Waals surface area contributed by atoms with Crippen LogP contribution in [0, 0.1) is 0 Å². The Labute approximate surface area is 113 Å². The van der Waals surface area contributed by atoms with Gasteiger partial charge in [-0.05, 0) is 24.3 Å². The smallest absolute Gasteiger partial charge is 0.337 e. The Morgan fingerprint density at radius 2 is 2.21 bits per heavy atom. The van der Waals surface area contributed by atoms with Crippen LogP contribution in [0.4, 0.5) is 5.69 Å². The molecule has 0 aliphatic heterocycles. The molecule has 1 amide bonds. The second-order valence-corrected chi connectivity index (χ2v) is 4.18. The zero-order chi connectivity index (χ0) is 13.8. The summed E-state index contributed by atoms with van der Waals surface area (Å²) in [6.45, 7) is -0.00142. The van der Waals surface area contributed by atoms with Gasteiger partial charge >= 0.3 is 5.97 Å². The third-order valence-electron chi connectivity index (χ3n) is 2.35. The van der Waals surface area contributed by atoms with Crippen molar-refractivity contribution in [1.82, 2.24) is 9.78 Å². The molecule has 0 aliphatic carbocycles. The molecule has 0 aliphatic rings. The molecule has 19 heavy (non-hydrogen) atoms. The van der Waals surface area contributed by atoms with E-state index in [1.54, 1.807) is 18.5 Å². The van der Waals surface area contributed by atoms with Crippen molar-refractivity contribution in [3.8, 4) is 0 Å². The molecule has 0 atom stereocenters. The summed E-state index contributed by atoms with van der Waals surface area (Å²) in [6, 6.07) is 5.88. The SMILES string of the molecule is O=C(Cn1cccn1)Nc1cc(Cl)ccc1C(=O)O. The topological polar surface area (TPSA) is 84.2 Å². The van der Waals surface area contributed by atoms with Gasteiger partial charge in [0.1, 0.15) is 6.54 Å². The quantitative estimate of drug-likeness (QED) is 0.895. The molecule has 1 aromatic carbocycles. The molecule has 2 rings (SSSR count). The highest BCUT2D eigenvalue weighted by Crippen LogP contribution is 2.21. The van der Waals surface area contributed by atoms with E-state index < -0.39 is 5.97 Å². The maximum absolute atomic E-state index is 11.8. The number of carboxylic acids is 1. The van der Waals surface area contributed by atoms with Crippen LogP contribution < -0.4 is 5.32 Å². The first-order valence-electron chi connectivity index (χ1n) is 5.36. The molecular weight excluding hydrogens is 270 g/mol. The second-order valence-electron chi connectivity index (χ2n) is 3.75. The maximum Gasteiger partial charge on any atom is 0.337 e. The van der Waals surface area contributed by atoms with Gasteiger partial charge in [0.05, 0.1) is 11.3 Å². The van der Waals surface area contributed by atoms with E-state index in [9.17, 15) is 9.59 Å². The monoisotopic (exact) mass is 279 g/mol. The summed E-state index contributed by atoms with van der Waals surface area (Å²) in [4.78, 5) is 22.8. The maximum atomic E-state index is 11.8. The number of hydrogen-bond acceptors (Lipinski definition) is 3. The normalized spacial score (nSPS) is 10.2. The third-order valence-corrected chi connectivity index (χ3v) is 2.59. The number of hydrogen-bond donors (Lipinski definition) is 2. The van der Waals surface area contributed by atoms with Crippen LogP contribution in [0.15, 0.2) is 36.7 Å². The summed E-state index contributed by atoms with van der Waals surface area (Å²) >= 11 is 5.79. The van der Waals surface area contributed by atoms with Crippen molar-refractivity contribution in [1.29, 1.82) is 0 Å². The van der Waals surface area contributed by atoms with Gasteiger partial charge < -0.3 is 10.4 Å². The number of nitrogens with zero attached hydrogens (tertiary/aromatic N) is 2. The van der Waals surface area contributed by atoms with E-state index in [0.29, 0.717) is 5.02 Å². The number of aromatic nitrogens is 2. The molecule has 2 aromatic rings. The number of carbonyl (C=O) groups is 2. The van der Waals surface area contributed by atoms with Crippen LogP contribution in [0.1, 0.15) is 10.4 Å². The van der Waals surface area contributed by atoms with Crippen molar-refractivity contribution in [2.45, 2.75) is 6.54 Å². The number of anilines is 1. The fraction of sp³-hybridized carbons (Fsp3) is 0.0833. The first-order valence-corrected chi connectivity index (χ1v) is 5.74. The van der Waals surface area contributed by atoms with Gasteiger partial charge in [-0.15, -0.1) is 0 Å². The van der Waals surface area contributed by atoms with E-state index in [-0.39, 0.29) is 23.7 Å². The zero-order valence-electron chi connectivity index (χ0n) is 9.71. The van der Waals surface area contributed by atoms with Crippen LogP contribution in [0.5, 0.6) is 0 Å². The molecular formula is C12H10ClN3O3. The van der Waals surface area contributed by atoms with Crippen molar-refractivity contribution >= 4 is 29.2 Å². The molecule has 0 radical (unpaired) electrons. The summed E-state index contributed by atoms with van der Waals surface area (Å²) in [5, 5.41) is 15.8. The van der Waals surface area contributed by atoms with Crippen molar-refractivity contribution in [3.05, 3.63) is 47.2 Å². The highest BCUT2D eigenvalue weighted by atomic mass is 35.5. The number of nitrogens with one attached hydrogen (secondary N) is 1. The van der Waals surface area contributed by atoms with E-state index in [1.807, 2.05) is 0 Å². The average molecular weight is 280 g/mol. The highest BCUT2D eigenvalue weighted by Gasteiger charge is 2.13. The Balaban J connectivity index is 2.16. The van der Waals surface area contributed by atoms with Gasteiger partial charge in [-0.3, -0.25) is 9.48 Å². The lowest BCUT2D eigenvalue weighted by Gasteiger charge is -2.09. The van der Waals surface area contributed by atoms with Gasteiger partial charge in [-0.25, -0.2) is 4.79 Å². The molecule has 6 nitrogen and oxygen atoms in total. The van der Waals surface area contributed by atoms with Gasteiger partial charge in [0.2, 0.25) is 5.91 Å². The molecule has 0 saturated carbocycles. The molecule has 0 bridgehead atoms. The minimum atomic E-state index is -1.13. The van der Waals surface area contributed by atoms with Crippen LogP contribution in [0.25, 0.3) is 0 Å². The molecule has 0 fully saturated rings. The lowest BCUT2D eigenvalue weighted by molar-refractivity contribution is -0.116. The fourth-order valence-electron chi connectivity index (χ4n) is 1.54. The Kier molecular flexibility index (Phi) is 3.82. The van der Waals surface area contributed by atoms with Gasteiger partial charge in [0, 0.05) is 17.4 Å². The summed E-state index contributed by atoms with van der Waals surface area (Å²) in [5.41, 5.74) is 0.148. The third kappa shape index (κ3) is 3.32. The summed E-state index contributed by atoms with van der Waals surface area (Å²) in [5.74, 6) is -1.51. The van der Waals surface area contributed by atoms with Crippen LogP contribution in [-0.2, 0) is 11.3 Å². The Bertz CT molecular complexity index is 611. The van der Waals surface area contributed by atoms with Crippen LogP contribution in [0.3, 0.4) is 0 Å². The van der Waals surface area contributed by atoms with E-state index >= 15 is 0 Å². The second kappa shape index (κ2) is 5.53. The van der Waals surface area contributed by atoms with E-state index in [4.69, 9.17) is 16.7 Å². The summed E-state index contributed by atoms with van der Waals surface area (Å²) < 4.78 is 1.43. The predicted molar refractivity (Wildman–Crippen MR) is 69.3 cm³/mol. The number of halogens is 1. The first kappa shape index (κ1) is 13.1. The van der Waals surface area contributed by atoms with E-state index in [2.05, 4.69) is 10.4 Å². The number of rotatable bonds is 4. The molecule has 0 spiro atoms. The number of aromatic carboxylic acids is 1. The van der Waals surface area contributed by atoms with Gasteiger partial charge in [0.15, 0.2) is 0 Å². The van der Waals surface area contributed by atoms with Gasteiger partial charge in [0.25, 0.3) is 0 Å². The molecule has 1 aromatic heterocycles. The molecule has 0 saturated heterocycles. The summed E-state index contributed by atoms with van der Waals surface area (Å²) in [7, 11) is 0. The van der Waals surface area contributed by atoms with Crippen molar-refractivity contribution in [2.24, 2.45) is 0 Å². The molecule has 98 valence electrons. The largest absolute Gasteiger partial charge is 0.478 e. The molecule has 0 unspecified atom stereocenters. The lowest BCUT2D eigenvalue weighted by Crippen LogP contribution is -2.20. The van der Waals surface area contributed by atoms with E-state index in [1.165, 1.54) is 22.9 Å². The Hall–Kier alpha value is -2.34. The number of carbonyl (C=O) groups excluding carboxylic acids is 1. The molecule has 2 N–H and O–H groups in total. The average Bonchev–Trinajstić information content (AvgIpc) is 2.81. The Morgan fingerprint density at radius 3 is 2.84 bits per heavy atom. The minimum absolute atomic E-state index is 0.00142. The van der Waals surface area contributed by atoms with Crippen LogP contribution >= 0.6 is 11.6 Å². The van der Waals surface area contributed by atoms with Crippen molar-refractivity contribution < 1.29 is 14.7 Å². The number of carboxylic acid groups (broad SMARTS) is 1. The highest BCUT2D eigenvalue weighted by molar-refractivity contribution is 6.31. The van der Waals surface area contributed by atoms with Crippen LogP contribution in [0.2, 0.25) is 5.02 Å². The standard InChI is InChI=1S/C12H10ClN3O3/c13-8-2-3-9(12(18)19)10(6-8)15-11(17)7-16-5-1-4-14-16/h1-6H,7H2,(H,15,17)(H,18,19). The minimum Gasteiger partial charge on any atom is -0.478 e. The van der Waals surface area contributed by atoms with Crippen LogP contribution in [-0.4, -0.2) is 26.8 Å². The number of amides is 1. The van der Waals surface area contributed by atoms with E-state index in [0.717, 1.165) is 0 Å². The zero-order valence-corrected chi connectivity index (χ0v) is 10.5. The first-order chi connectivity index (χ1) is 9.06. The fourth-order valence-corrected chi connectivity index (χ4v) is 1.71. The molecule has 7 heteroatoms. The molecule has 1 heterocycles. The number of benzene rings is 1. The van der Waals surface area contributed by atoms with Crippen molar-refractivity contribution in [3.63, 3.8) is 0 Å². The lowest BCUT2D eigenvalue weighted by atomic mass is 10.2. The predicted octanol–water partition coefficient (Wildman–Crippen LogP) is 1.87. The van der Waals surface area contributed by atoms with Crippen molar-refractivity contribution in [2.75, 3.05) is 5.32 Å². The Morgan fingerprint density at radius 1 is 1.42 bits per heavy atom. The summed E-state index contributed by atoms with van der Waals surface area (Å²) in [6.07, 6.45) is 3.19. The van der Waals surface area contributed by atoms with Gasteiger partial charge in [-0.2, -0.15) is 5.10 Å².